The highest BCUT2D eigenvalue weighted by Crippen LogP contribution is 2.61. The molecule has 0 aromatic carbocycles. The van der Waals surface area contributed by atoms with E-state index in [1.807, 2.05) is 0 Å². The molecule has 0 radical (unpaired) electrons. The zero-order chi connectivity index (χ0) is 57.0. The van der Waals surface area contributed by atoms with E-state index < -0.39 is 109 Å². The molecule has 29 nitrogen and oxygen atoms in total. The Balaban J connectivity index is 1.00. The average molecular weight is 1180 g/mol. The number of nitrogens with one attached hydrogen (secondary N) is 2. The molecule has 2 unspecified atom stereocenters. The topological polar surface area (TPSA) is 443 Å². The summed E-state index contributed by atoms with van der Waals surface area (Å²) in [4.78, 5) is 88.7. The van der Waals surface area contributed by atoms with Gasteiger partial charge in [0.25, 0.3) is 0 Å². The van der Waals surface area contributed by atoms with E-state index in [2.05, 4.69) is 34.4 Å². The number of aliphatic hydroxyl groups excluding tert-OH is 5. The maximum Gasteiger partial charge on any atom is 0.481 e. The van der Waals surface area contributed by atoms with Crippen molar-refractivity contribution in [3.05, 3.63) is 12.7 Å². The number of carbonyl (C=O) groups excluding carboxylic acids is 3. The Hall–Kier alpha value is -2.64. The minimum atomic E-state index is -5.60. The number of rotatable bonds is 37. The number of phosphoric ester groups is 3. The van der Waals surface area contributed by atoms with E-state index in [0.717, 1.165) is 80.4 Å². The molecule has 0 aliphatic carbocycles. The molecule has 77 heavy (non-hydrogen) atoms. The number of aliphatic hydroxyl groups is 5. The third kappa shape index (κ3) is 23.8. The second-order valence-electron chi connectivity index (χ2n) is 19.6. The molecule has 2 fully saturated rings. The van der Waals surface area contributed by atoms with Crippen molar-refractivity contribution in [2.24, 2.45) is 5.41 Å². The van der Waals surface area contributed by atoms with Crippen molar-refractivity contribution in [2.75, 3.05) is 44.4 Å². The van der Waals surface area contributed by atoms with Crippen molar-refractivity contribution < 1.29 is 105 Å². The molecule has 2 aromatic heterocycles. The van der Waals surface area contributed by atoms with Crippen molar-refractivity contribution in [3.8, 4) is 0 Å². The monoisotopic (exact) mass is 1180 g/mol. The molecular formula is C44H78N7O22P3S. The van der Waals surface area contributed by atoms with E-state index in [4.69, 9.17) is 29.0 Å². The number of hydrogen-bond donors (Lipinski definition) is 12. The number of anilines is 1. The molecule has 4 rings (SSSR count). The number of nitrogens with zero attached hydrogens (tertiary/aromatic N) is 4. The summed E-state index contributed by atoms with van der Waals surface area (Å²) < 4.78 is 73.7. The Labute approximate surface area is 450 Å². The predicted molar refractivity (Wildman–Crippen MR) is 275 cm³/mol. The first kappa shape index (κ1) is 66.9. The molecule has 0 spiro atoms. The van der Waals surface area contributed by atoms with Gasteiger partial charge in [-0.3, -0.25) is 32.5 Å². The first-order chi connectivity index (χ1) is 36.2. The summed E-state index contributed by atoms with van der Waals surface area (Å²) in [6, 6.07) is 0. The number of aromatic nitrogens is 4. The molecule has 2 aliphatic rings. The number of nitrogens with two attached hydrogens (primary N) is 1. The molecule has 0 saturated carbocycles. The van der Waals surface area contributed by atoms with Gasteiger partial charge in [-0.2, -0.15) is 4.31 Å². The van der Waals surface area contributed by atoms with E-state index in [-0.39, 0.29) is 66.3 Å². The molecule has 2 aliphatic heterocycles. The summed E-state index contributed by atoms with van der Waals surface area (Å²) in [6.07, 6.45) is 3.44. The van der Waals surface area contributed by atoms with Crippen LogP contribution in [0.1, 0.15) is 130 Å². The van der Waals surface area contributed by atoms with Crippen LogP contribution < -0.4 is 16.4 Å². The quantitative estimate of drug-likeness (QED) is 0.0341. The van der Waals surface area contributed by atoms with Crippen molar-refractivity contribution >= 4 is 69.1 Å². The third-order valence-electron chi connectivity index (χ3n) is 12.6. The van der Waals surface area contributed by atoms with Gasteiger partial charge < -0.3 is 75.7 Å². The molecule has 13 N–H and O–H groups in total. The van der Waals surface area contributed by atoms with E-state index in [9.17, 15) is 73.2 Å². The van der Waals surface area contributed by atoms with Gasteiger partial charge in [-0.25, -0.2) is 28.6 Å². The number of hydrogen-bond acceptors (Lipinski definition) is 23. The molecular weight excluding hydrogens is 1100 g/mol. The highest BCUT2D eigenvalue weighted by atomic mass is 32.2. The molecule has 12 atom stereocenters. The van der Waals surface area contributed by atoms with Crippen molar-refractivity contribution in [3.63, 3.8) is 0 Å². The van der Waals surface area contributed by atoms with E-state index in [0.29, 0.717) is 13.0 Å². The van der Waals surface area contributed by atoms with E-state index in [1.54, 1.807) is 6.92 Å². The smallest absolute Gasteiger partial charge is 0.393 e. The van der Waals surface area contributed by atoms with Gasteiger partial charge in [-0.05, 0) is 19.8 Å². The highest BCUT2D eigenvalue weighted by molar-refractivity contribution is 8.13. The lowest BCUT2D eigenvalue weighted by Crippen LogP contribution is -2.47. The summed E-state index contributed by atoms with van der Waals surface area (Å²) in [5, 5.41) is 56.4. The Morgan fingerprint density at radius 1 is 0.857 bits per heavy atom. The molecule has 0 bridgehead atoms. The van der Waals surface area contributed by atoms with E-state index in [1.165, 1.54) is 39.5 Å². The lowest BCUT2D eigenvalue weighted by atomic mass is 9.87. The zero-order valence-electron chi connectivity index (χ0n) is 43.4. The second-order valence-corrected chi connectivity index (χ2v) is 25.0. The average Bonchev–Trinajstić information content (AvgIpc) is 3.91. The summed E-state index contributed by atoms with van der Waals surface area (Å²) in [5.74, 6) is -1.27. The number of amides is 2. The second kappa shape index (κ2) is 32.1. The largest absolute Gasteiger partial charge is 0.481 e. The lowest BCUT2D eigenvalue weighted by molar-refractivity contribution is -0.261. The summed E-state index contributed by atoms with van der Waals surface area (Å²) >= 11 is 0.981. The van der Waals surface area contributed by atoms with Crippen LogP contribution in [-0.2, 0) is 60.2 Å². The minimum Gasteiger partial charge on any atom is -0.393 e. The van der Waals surface area contributed by atoms with Crippen LogP contribution >= 0.6 is 35.2 Å². The van der Waals surface area contributed by atoms with Crippen LogP contribution in [-0.4, -0.2) is 175 Å². The number of ether oxygens (including phenoxy) is 3. The van der Waals surface area contributed by atoms with Crippen LogP contribution in [0.3, 0.4) is 0 Å². The van der Waals surface area contributed by atoms with Crippen molar-refractivity contribution in [1.29, 1.82) is 0 Å². The van der Waals surface area contributed by atoms with Gasteiger partial charge in [0.2, 0.25) is 11.8 Å². The van der Waals surface area contributed by atoms with Crippen LogP contribution in [0.15, 0.2) is 12.7 Å². The van der Waals surface area contributed by atoms with E-state index >= 15 is 0 Å². The van der Waals surface area contributed by atoms with Gasteiger partial charge in [-0.1, -0.05) is 96.2 Å². The third-order valence-corrected chi connectivity index (χ3v) is 16.6. The van der Waals surface area contributed by atoms with Gasteiger partial charge in [-0.15, -0.1) is 0 Å². The number of unbranched alkanes of at least 4 members (excludes halogenated alkanes) is 11. The van der Waals surface area contributed by atoms with Crippen LogP contribution in [0.5, 0.6) is 0 Å². The fraction of sp³-hybridized carbons (Fsp3) is 0.818. The Bertz CT molecular complexity index is 2300. The zero-order valence-corrected chi connectivity index (χ0v) is 46.9. The highest BCUT2D eigenvalue weighted by Gasteiger charge is 2.50. The van der Waals surface area contributed by atoms with Crippen LogP contribution in [0.2, 0.25) is 0 Å². The van der Waals surface area contributed by atoms with Crippen molar-refractivity contribution in [2.45, 2.75) is 185 Å². The predicted octanol–water partition coefficient (Wildman–Crippen LogP) is 2.36. The van der Waals surface area contributed by atoms with Crippen LogP contribution in [0.4, 0.5) is 5.82 Å². The van der Waals surface area contributed by atoms with Gasteiger partial charge in [0.15, 0.2) is 29.1 Å². The van der Waals surface area contributed by atoms with Crippen molar-refractivity contribution in [1.82, 2.24) is 30.2 Å². The number of nitrogen functional groups attached to an aromatic ring is 1. The van der Waals surface area contributed by atoms with Gasteiger partial charge in [0, 0.05) is 50.1 Å². The first-order valence-corrected chi connectivity index (χ1v) is 31.0. The van der Waals surface area contributed by atoms with Gasteiger partial charge >= 0.3 is 23.5 Å². The standard InChI is InChI=1S/C44H78N7O22P3S/c1-28-30(53)23-31(54)43(70-28)67-20-15-13-11-9-7-5-4-6-8-10-12-14-16-29(52)22-34(56)77-21-19-46-33(55)17-18-47-41(59)38(58)44(2,3)25-69-76(65,66)73-75(63,64)68-24-32-37(72-74(60,61)62)36(57)42(71-32)51-27-50-35-39(45)48-26-49-40(35)51/h26-32,36-38,42-43,52-54,57-58H,4-25H2,1-3H3,(H,46,55)(H,47,59)(H,63,64)(H,65,66)(H2,45,48,49)(H2,60,61,62)/t28-,29+,30+,31+,32+,36+,37+,38-,42+,43+/m0/s1. The number of thioether (sulfide) groups is 1. The summed E-state index contributed by atoms with van der Waals surface area (Å²) in [5.41, 5.74) is 4.24. The molecule has 2 amide bonds. The maximum atomic E-state index is 12.8. The Morgan fingerprint density at radius 2 is 1.48 bits per heavy atom. The number of fused-ring (bicyclic) bond motifs is 1. The fourth-order valence-electron chi connectivity index (χ4n) is 8.19. The number of phosphoric acid groups is 3. The fourth-order valence-corrected chi connectivity index (χ4v) is 11.8. The minimum absolute atomic E-state index is 0.00410. The summed E-state index contributed by atoms with van der Waals surface area (Å²) in [7, 11) is -16.5. The van der Waals surface area contributed by atoms with Gasteiger partial charge in [0.1, 0.15) is 42.4 Å². The normalized spacial score (nSPS) is 24.5. The number of imidazole rings is 1. The SMILES string of the molecule is C[C@@H]1O[C@@H](OCCCCCCCCCCCCCC[C@@H](O)CC(=O)SCCNC(=O)CCNC(=O)[C@H](O)C(C)(C)COP(=O)(O)OP(=O)(O)OC[C@H]2O[C@@H](n3cnc4c(N)ncnc43)[C@H](O)[C@@H]2OP(=O)(O)O)[C@H](O)C[C@H]1O. The Morgan fingerprint density at radius 3 is 2.13 bits per heavy atom. The molecule has 2 saturated heterocycles. The molecule has 2 aromatic rings. The summed E-state index contributed by atoms with van der Waals surface area (Å²) in [6.45, 7) is 2.63. The molecule has 442 valence electrons. The molecule has 33 heteroatoms. The van der Waals surface area contributed by atoms with Gasteiger partial charge in [0.05, 0.1) is 37.9 Å². The lowest BCUT2D eigenvalue weighted by Gasteiger charge is -2.35. The van der Waals surface area contributed by atoms with Crippen LogP contribution in [0.25, 0.3) is 11.2 Å². The molecule has 4 heterocycles. The van der Waals surface area contributed by atoms with Crippen LogP contribution in [0, 0.1) is 5.41 Å². The number of carbonyl (C=O) groups is 3. The Kier molecular flexibility index (Phi) is 27.9. The first-order valence-electron chi connectivity index (χ1n) is 25.5. The maximum absolute atomic E-state index is 12.8.